The third-order valence-electron chi connectivity index (χ3n) is 1.51. The van der Waals surface area contributed by atoms with Crippen LogP contribution in [0.15, 0.2) is 0 Å². The van der Waals surface area contributed by atoms with E-state index in [1.165, 1.54) is 6.26 Å². The molecule has 0 aromatic heterocycles. The lowest BCUT2D eigenvalue weighted by Gasteiger charge is -2.23. The predicted octanol–water partition coefficient (Wildman–Crippen LogP) is 0.586. The van der Waals surface area contributed by atoms with Gasteiger partial charge < -0.3 is 0 Å². The number of nitrogens with zero attached hydrogens (tertiary/aromatic N) is 1. The predicted molar refractivity (Wildman–Crippen MR) is 50.5 cm³/mol. The van der Waals surface area contributed by atoms with Gasteiger partial charge in [-0.3, -0.25) is 4.90 Å². The molecule has 0 bridgehead atoms. The average Bonchev–Trinajstić information content (AvgIpc) is 1.88. The van der Waals surface area contributed by atoms with E-state index in [2.05, 4.69) is 12.6 Å². The standard InChI is InChI=1S/C6H15NO2S2/c1-4-7(5-2)6(10)11(3,8)9/h6,10H,4-5H2,1-3H3. The Morgan fingerprint density at radius 2 is 1.73 bits per heavy atom. The second kappa shape index (κ2) is 4.33. The Kier molecular flexibility index (Phi) is 4.43. The molecule has 0 saturated heterocycles. The molecule has 3 nitrogen and oxygen atoms in total. The summed E-state index contributed by atoms with van der Waals surface area (Å²) in [7, 11) is -3.04. The first kappa shape index (κ1) is 11.3. The molecule has 0 aliphatic carbocycles. The summed E-state index contributed by atoms with van der Waals surface area (Å²) in [6, 6.07) is 0. The highest BCUT2D eigenvalue weighted by Crippen LogP contribution is 2.09. The zero-order chi connectivity index (χ0) is 9.07. The summed E-state index contributed by atoms with van der Waals surface area (Å²) in [4.78, 5) is 1.78. The van der Waals surface area contributed by atoms with E-state index in [1.807, 2.05) is 13.8 Å². The van der Waals surface area contributed by atoms with Crippen LogP contribution in [0.3, 0.4) is 0 Å². The van der Waals surface area contributed by atoms with E-state index in [9.17, 15) is 8.42 Å². The molecule has 0 aliphatic heterocycles. The van der Waals surface area contributed by atoms with Gasteiger partial charge in [0, 0.05) is 6.26 Å². The Labute approximate surface area is 74.1 Å². The normalized spacial score (nSPS) is 15.4. The Balaban J connectivity index is 4.33. The lowest BCUT2D eigenvalue weighted by molar-refractivity contribution is 0.330. The fraction of sp³-hybridized carbons (Fsp3) is 1.00. The molecule has 1 unspecified atom stereocenters. The third kappa shape index (κ3) is 3.44. The molecule has 0 fully saturated rings. The molecule has 0 heterocycles. The van der Waals surface area contributed by atoms with Crippen molar-refractivity contribution >= 4 is 22.5 Å². The Morgan fingerprint density at radius 3 is 1.82 bits per heavy atom. The fourth-order valence-corrected chi connectivity index (χ4v) is 1.97. The van der Waals surface area contributed by atoms with Gasteiger partial charge in [-0.2, -0.15) is 0 Å². The summed E-state index contributed by atoms with van der Waals surface area (Å²) in [5.41, 5.74) is 0. The topological polar surface area (TPSA) is 37.4 Å². The minimum Gasteiger partial charge on any atom is -0.280 e. The third-order valence-corrected chi connectivity index (χ3v) is 4.05. The van der Waals surface area contributed by atoms with E-state index in [0.29, 0.717) is 13.1 Å². The van der Waals surface area contributed by atoms with Crippen LogP contribution in [0.25, 0.3) is 0 Å². The van der Waals surface area contributed by atoms with Gasteiger partial charge in [-0.1, -0.05) is 13.8 Å². The molecular weight excluding hydrogens is 182 g/mol. The maximum atomic E-state index is 11.0. The van der Waals surface area contributed by atoms with Crippen molar-refractivity contribution in [2.75, 3.05) is 19.3 Å². The molecule has 0 radical (unpaired) electrons. The van der Waals surface area contributed by atoms with Crippen molar-refractivity contribution in [1.82, 2.24) is 4.90 Å². The molecule has 0 spiro atoms. The number of sulfone groups is 1. The summed E-state index contributed by atoms with van der Waals surface area (Å²) in [5.74, 6) is 0. The van der Waals surface area contributed by atoms with E-state index in [-0.39, 0.29) is 0 Å². The van der Waals surface area contributed by atoms with Crippen LogP contribution in [-0.2, 0) is 9.84 Å². The van der Waals surface area contributed by atoms with Crippen LogP contribution >= 0.6 is 12.6 Å². The van der Waals surface area contributed by atoms with Crippen molar-refractivity contribution in [2.45, 2.75) is 18.6 Å². The zero-order valence-electron chi connectivity index (χ0n) is 7.11. The molecule has 0 aliphatic rings. The monoisotopic (exact) mass is 197 g/mol. The van der Waals surface area contributed by atoms with Crippen LogP contribution < -0.4 is 0 Å². The number of rotatable bonds is 4. The first-order chi connectivity index (χ1) is 4.93. The molecule has 5 heteroatoms. The summed E-state index contributed by atoms with van der Waals surface area (Å²) in [6.45, 7) is 5.24. The fourth-order valence-electron chi connectivity index (χ4n) is 0.807. The van der Waals surface area contributed by atoms with Crippen molar-refractivity contribution in [3.05, 3.63) is 0 Å². The van der Waals surface area contributed by atoms with Gasteiger partial charge in [0.25, 0.3) is 0 Å². The molecule has 0 aromatic carbocycles. The van der Waals surface area contributed by atoms with E-state index < -0.39 is 14.5 Å². The quantitative estimate of drug-likeness (QED) is 0.529. The van der Waals surface area contributed by atoms with Crippen LogP contribution in [0.1, 0.15) is 13.8 Å². The SMILES string of the molecule is CCN(CC)C(S)S(C)(=O)=O. The summed E-state index contributed by atoms with van der Waals surface area (Å²) < 4.78 is 21.3. The van der Waals surface area contributed by atoms with Crippen molar-refractivity contribution in [1.29, 1.82) is 0 Å². The summed E-state index contributed by atoms with van der Waals surface area (Å²) in [6.07, 6.45) is 1.20. The highest BCUT2D eigenvalue weighted by atomic mass is 32.2. The highest BCUT2D eigenvalue weighted by molar-refractivity contribution is 8.04. The van der Waals surface area contributed by atoms with Crippen LogP contribution in [0, 0.1) is 0 Å². The summed E-state index contributed by atoms with van der Waals surface area (Å²) in [5, 5.41) is 0. The van der Waals surface area contributed by atoms with Gasteiger partial charge in [0.15, 0.2) is 14.5 Å². The largest absolute Gasteiger partial charge is 0.280 e. The lowest BCUT2D eigenvalue weighted by atomic mass is 10.6. The lowest BCUT2D eigenvalue weighted by Crippen LogP contribution is -2.36. The number of hydrogen-bond donors (Lipinski definition) is 1. The minimum atomic E-state index is -3.04. The first-order valence-corrected chi connectivity index (χ1v) is 6.01. The van der Waals surface area contributed by atoms with E-state index in [0.717, 1.165) is 0 Å². The smallest absolute Gasteiger partial charge is 0.172 e. The van der Waals surface area contributed by atoms with Crippen LogP contribution in [0.2, 0.25) is 0 Å². The van der Waals surface area contributed by atoms with Gasteiger partial charge >= 0.3 is 0 Å². The summed E-state index contributed by atoms with van der Waals surface area (Å²) >= 11 is 4.00. The first-order valence-electron chi connectivity index (χ1n) is 3.54. The molecule has 0 N–H and O–H groups in total. The van der Waals surface area contributed by atoms with E-state index in [4.69, 9.17) is 0 Å². The highest BCUT2D eigenvalue weighted by Gasteiger charge is 2.20. The van der Waals surface area contributed by atoms with Crippen LogP contribution in [-0.4, -0.2) is 37.4 Å². The molecule has 0 aromatic rings. The van der Waals surface area contributed by atoms with Crippen molar-refractivity contribution in [3.8, 4) is 0 Å². The number of thiol groups is 1. The molecule has 11 heavy (non-hydrogen) atoms. The van der Waals surface area contributed by atoms with Gasteiger partial charge in [0.1, 0.15) is 0 Å². The van der Waals surface area contributed by atoms with Crippen LogP contribution in [0.5, 0.6) is 0 Å². The van der Waals surface area contributed by atoms with Gasteiger partial charge in [-0.05, 0) is 13.1 Å². The molecular formula is C6H15NO2S2. The zero-order valence-corrected chi connectivity index (χ0v) is 8.82. The van der Waals surface area contributed by atoms with Crippen molar-refractivity contribution < 1.29 is 8.42 Å². The van der Waals surface area contributed by atoms with Gasteiger partial charge in [0.2, 0.25) is 0 Å². The van der Waals surface area contributed by atoms with E-state index >= 15 is 0 Å². The number of hydrogen-bond acceptors (Lipinski definition) is 4. The van der Waals surface area contributed by atoms with Gasteiger partial charge in [0.05, 0.1) is 0 Å². The van der Waals surface area contributed by atoms with Gasteiger partial charge in [-0.15, -0.1) is 12.6 Å². The average molecular weight is 197 g/mol. The van der Waals surface area contributed by atoms with Crippen molar-refractivity contribution in [2.24, 2.45) is 0 Å². The molecule has 0 saturated carbocycles. The second-order valence-electron chi connectivity index (χ2n) is 2.38. The molecule has 0 amide bonds. The molecule has 0 rings (SSSR count). The van der Waals surface area contributed by atoms with Gasteiger partial charge in [-0.25, -0.2) is 8.42 Å². The van der Waals surface area contributed by atoms with Crippen LogP contribution in [0.4, 0.5) is 0 Å². The maximum absolute atomic E-state index is 11.0. The Hall–Kier alpha value is 0.260. The minimum absolute atomic E-state index is 0.655. The van der Waals surface area contributed by atoms with Crippen molar-refractivity contribution in [3.63, 3.8) is 0 Å². The molecule has 68 valence electrons. The Morgan fingerprint density at radius 1 is 1.36 bits per heavy atom. The second-order valence-corrected chi connectivity index (χ2v) is 5.32. The van der Waals surface area contributed by atoms with E-state index in [1.54, 1.807) is 4.90 Å². The molecule has 1 atom stereocenters. The Bertz CT molecular complexity index is 197. The maximum Gasteiger partial charge on any atom is 0.172 e.